The second-order valence-corrected chi connectivity index (χ2v) is 2.99. The van der Waals surface area contributed by atoms with E-state index in [1.54, 1.807) is 6.08 Å². The molecule has 0 heterocycles. The van der Waals surface area contributed by atoms with Gasteiger partial charge in [0.2, 0.25) is 0 Å². The third-order valence-corrected chi connectivity index (χ3v) is 1.93. The Morgan fingerprint density at radius 2 is 2.00 bits per heavy atom. The van der Waals surface area contributed by atoms with Crippen LogP contribution in [0, 0.1) is 0 Å². The zero-order valence-electron chi connectivity index (χ0n) is 7.61. The smallest absolute Gasteiger partial charge is 0.0830 e. The van der Waals surface area contributed by atoms with Crippen molar-refractivity contribution >= 4 is 0 Å². The summed E-state index contributed by atoms with van der Waals surface area (Å²) in [7, 11) is 0. The van der Waals surface area contributed by atoms with Gasteiger partial charge in [0, 0.05) is 6.42 Å². The Bertz CT molecular complexity index is 287. The van der Waals surface area contributed by atoms with E-state index in [1.165, 1.54) is 0 Å². The Balaban J connectivity index is 2.63. The normalized spacial score (nSPS) is 12.1. The molecule has 0 bridgehead atoms. The second kappa shape index (κ2) is 4.63. The van der Waals surface area contributed by atoms with Crippen molar-refractivity contribution in [1.82, 2.24) is 0 Å². The van der Waals surface area contributed by atoms with Crippen LogP contribution in [0.2, 0.25) is 0 Å². The Labute approximate surface area is 79.0 Å². The first-order valence-electron chi connectivity index (χ1n) is 4.27. The molecule has 0 saturated heterocycles. The first kappa shape index (κ1) is 9.75. The number of aliphatic hydroxyl groups is 1. The summed E-state index contributed by atoms with van der Waals surface area (Å²) in [5.41, 5.74) is 1.78. The standard InChI is InChI=1S/C12H14O/c1-3-10(2)9-12(13)11-7-5-4-6-8-11/h3-8,12-13H,1-2,9H2/t12-/m0/s1. The monoisotopic (exact) mass is 174 g/mol. The summed E-state index contributed by atoms with van der Waals surface area (Å²) < 4.78 is 0. The van der Waals surface area contributed by atoms with Crippen molar-refractivity contribution in [2.45, 2.75) is 12.5 Å². The maximum Gasteiger partial charge on any atom is 0.0830 e. The molecule has 1 N–H and O–H groups in total. The van der Waals surface area contributed by atoms with E-state index in [0.717, 1.165) is 11.1 Å². The summed E-state index contributed by atoms with van der Waals surface area (Å²) in [6.45, 7) is 7.36. The predicted molar refractivity (Wildman–Crippen MR) is 55.4 cm³/mol. The van der Waals surface area contributed by atoms with Gasteiger partial charge in [-0.25, -0.2) is 0 Å². The topological polar surface area (TPSA) is 20.2 Å². The average molecular weight is 174 g/mol. The Morgan fingerprint density at radius 3 is 2.54 bits per heavy atom. The predicted octanol–water partition coefficient (Wildman–Crippen LogP) is 2.85. The third-order valence-electron chi connectivity index (χ3n) is 1.93. The van der Waals surface area contributed by atoms with E-state index in [2.05, 4.69) is 13.2 Å². The van der Waals surface area contributed by atoms with Gasteiger partial charge in [-0.15, -0.1) is 0 Å². The average Bonchev–Trinajstić information content (AvgIpc) is 2.19. The quantitative estimate of drug-likeness (QED) is 0.696. The van der Waals surface area contributed by atoms with Gasteiger partial charge in [0.15, 0.2) is 0 Å². The van der Waals surface area contributed by atoms with Crippen molar-refractivity contribution in [3.63, 3.8) is 0 Å². The van der Waals surface area contributed by atoms with Crippen LogP contribution in [0.3, 0.4) is 0 Å². The Morgan fingerprint density at radius 1 is 1.38 bits per heavy atom. The van der Waals surface area contributed by atoms with E-state index in [0.29, 0.717) is 6.42 Å². The summed E-state index contributed by atoms with van der Waals surface area (Å²) >= 11 is 0. The van der Waals surface area contributed by atoms with Gasteiger partial charge >= 0.3 is 0 Å². The fraction of sp³-hybridized carbons (Fsp3) is 0.167. The lowest BCUT2D eigenvalue weighted by molar-refractivity contribution is 0.179. The molecule has 0 aliphatic carbocycles. The molecule has 0 radical (unpaired) electrons. The Kier molecular flexibility index (Phi) is 3.47. The first-order chi connectivity index (χ1) is 6.24. The van der Waals surface area contributed by atoms with Crippen LogP contribution in [0.5, 0.6) is 0 Å². The van der Waals surface area contributed by atoms with Crippen molar-refractivity contribution in [1.29, 1.82) is 0 Å². The zero-order valence-corrected chi connectivity index (χ0v) is 7.61. The highest BCUT2D eigenvalue weighted by molar-refractivity contribution is 5.21. The number of aliphatic hydroxyl groups excluding tert-OH is 1. The molecule has 0 fully saturated rings. The molecule has 1 atom stereocenters. The first-order valence-corrected chi connectivity index (χ1v) is 4.27. The van der Waals surface area contributed by atoms with Crippen LogP contribution in [-0.2, 0) is 0 Å². The van der Waals surface area contributed by atoms with Gasteiger partial charge in [-0.05, 0) is 5.56 Å². The highest BCUT2D eigenvalue weighted by Crippen LogP contribution is 2.19. The van der Waals surface area contributed by atoms with E-state index in [1.807, 2.05) is 30.3 Å². The van der Waals surface area contributed by atoms with Crippen molar-refractivity contribution in [3.8, 4) is 0 Å². The molecule has 0 aromatic heterocycles. The molecule has 1 aromatic carbocycles. The number of hydrogen-bond acceptors (Lipinski definition) is 1. The number of allylic oxidation sites excluding steroid dienone is 1. The van der Waals surface area contributed by atoms with Crippen LogP contribution in [0.25, 0.3) is 0 Å². The molecule has 0 aliphatic rings. The molecule has 0 aliphatic heterocycles. The van der Waals surface area contributed by atoms with Crippen LogP contribution in [-0.4, -0.2) is 5.11 Å². The second-order valence-electron chi connectivity index (χ2n) is 2.99. The van der Waals surface area contributed by atoms with Crippen LogP contribution in [0.15, 0.2) is 55.1 Å². The molecule has 0 saturated carbocycles. The maximum atomic E-state index is 9.71. The summed E-state index contributed by atoms with van der Waals surface area (Å²) in [6.07, 6.45) is 1.76. The lowest BCUT2D eigenvalue weighted by atomic mass is 10.0. The summed E-state index contributed by atoms with van der Waals surface area (Å²) in [6, 6.07) is 9.56. The summed E-state index contributed by atoms with van der Waals surface area (Å²) in [5, 5.41) is 9.71. The van der Waals surface area contributed by atoms with E-state index < -0.39 is 6.10 Å². The summed E-state index contributed by atoms with van der Waals surface area (Å²) in [4.78, 5) is 0. The molecular weight excluding hydrogens is 160 g/mol. The number of rotatable bonds is 4. The maximum absolute atomic E-state index is 9.71. The van der Waals surface area contributed by atoms with Crippen molar-refractivity contribution < 1.29 is 5.11 Å². The molecule has 68 valence electrons. The van der Waals surface area contributed by atoms with Gasteiger partial charge in [-0.1, -0.05) is 55.1 Å². The van der Waals surface area contributed by atoms with Crippen molar-refractivity contribution in [3.05, 3.63) is 60.7 Å². The third kappa shape index (κ3) is 2.88. The van der Waals surface area contributed by atoms with E-state index in [9.17, 15) is 5.11 Å². The molecule has 13 heavy (non-hydrogen) atoms. The van der Waals surface area contributed by atoms with Crippen LogP contribution >= 0.6 is 0 Å². The highest BCUT2D eigenvalue weighted by Gasteiger charge is 2.06. The van der Waals surface area contributed by atoms with E-state index in [-0.39, 0.29) is 0 Å². The highest BCUT2D eigenvalue weighted by atomic mass is 16.3. The summed E-state index contributed by atoms with van der Waals surface area (Å²) in [5.74, 6) is 0. The molecular formula is C12H14O. The van der Waals surface area contributed by atoms with Crippen LogP contribution < -0.4 is 0 Å². The van der Waals surface area contributed by atoms with Crippen LogP contribution in [0.4, 0.5) is 0 Å². The molecule has 0 unspecified atom stereocenters. The van der Waals surface area contributed by atoms with Gasteiger partial charge in [0.05, 0.1) is 6.10 Å². The van der Waals surface area contributed by atoms with Gasteiger partial charge in [-0.3, -0.25) is 0 Å². The molecule has 0 spiro atoms. The molecule has 1 nitrogen and oxygen atoms in total. The SMILES string of the molecule is C=CC(=C)C[C@H](O)c1ccccc1. The molecule has 0 amide bonds. The minimum atomic E-state index is -0.466. The molecule has 1 heteroatoms. The van der Waals surface area contributed by atoms with Gasteiger partial charge in [0.25, 0.3) is 0 Å². The van der Waals surface area contributed by atoms with Gasteiger partial charge in [0.1, 0.15) is 0 Å². The number of hydrogen-bond donors (Lipinski definition) is 1. The largest absolute Gasteiger partial charge is 0.388 e. The minimum Gasteiger partial charge on any atom is -0.388 e. The van der Waals surface area contributed by atoms with Crippen molar-refractivity contribution in [2.24, 2.45) is 0 Å². The van der Waals surface area contributed by atoms with Crippen LogP contribution in [0.1, 0.15) is 18.1 Å². The van der Waals surface area contributed by atoms with Gasteiger partial charge in [-0.2, -0.15) is 0 Å². The van der Waals surface area contributed by atoms with Crippen molar-refractivity contribution in [2.75, 3.05) is 0 Å². The Hall–Kier alpha value is -1.34. The molecule has 1 rings (SSSR count). The number of benzene rings is 1. The fourth-order valence-electron chi connectivity index (χ4n) is 1.12. The minimum absolute atomic E-state index is 0.466. The van der Waals surface area contributed by atoms with E-state index in [4.69, 9.17) is 0 Å². The molecule has 1 aromatic rings. The zero-order chi connectivity index (χ0) is 9.68. The lowest BCUT2D eigenvalue weighted by Crippen LogP contribution is -1.97. The van der Waals surface area contributed by atoms with Gasteiger partial charge < -0.3 is 5.11 Å². The van der Waals surface area contributed by atoms with E-state index >= 15 is 0 Å². The fourth-order valence-corrected chi connectivity index (χ4v) is 1.12. The lowest BCUT2D eigenvalue weighted by Gasteiger charge is -2.10.